The number of amides is 1. The highest BCUT2D eigenvalue weighted by Gasteiger charge is 2.35. The van der Waals surface area contributed by atoms with Crippen LogP contribution in [0.5, 0.6) is 0 Å². The summed E-state index contributed by atoms with van der Waals surface area (Å²) in [6.45, 7) is 9.74. The van der Waals surface area contributed by atoms with Gasteiger partial charge in [-0.1, -0.05) is 25.1 Å². The molecule has 0 aromatic heterocycles. The number of ether oxygens (including phenoxy) is 1. The second-order valence-electron chi connectivity index (χ2n) is 7.43. The summed E-state index contributed by atoms with van der Waals surface area (Å²) in [7, 11) is 0. The second-order valence-corrected chi connectivity index (χ2v) is 7.43. The topological polar surface area (TPSA) is 41.6 Å². The van der Waals surface area contributed by atoms with Crippen LogP contribution in [0, 0.1) is 11.7 Å². The summed E-state index contributed by atoms with van der Waals surface area (Å²) in [6, 6.07) is 6.81. The van der Waals surface area contributed by atoms with Gasteiger partial charge >= 0.3 is 6.09 Å². The molecule has 1 saturated heterocycles. The van der Waals surface area contributed by atoms with Crippen molar-refractivity contribution in [1.29, 1.82) is 0 Å². The van der Waals surface area contributed by atoms with Crippen LogP contribution in [-0.2, 0) is 4.74 Å². The number of nitrogens with zero attached hydrogens (tertiary/aromatic N) is 1. The predicted molar refractivity (Wildman–Crippen MR) is 93.3 cm³/mol. The van der Waals surface area contributed by atoms with E-state index in [1.54, 1.807) is 11.0 Å². The van der Waals surface area contributed by atoms with Crippen LogP contribution in [0.1, 0.15) is 52.1 Å². The average Bonchev–Trinajstić information content (AvgIpc) is 2.97. The Labute approximate surface area is 144 Å². The van der Waals surface area contributed by atoms with Gasteiger partial charge in [0.2, 0.25) is 0 Å². The lowest BCUT2D eigenvalue weighted by Crippen LogP contribution is -2.37. The molecule has 2 atom stereocenters. The van der Waals surface area contributed by atoms with Crippen LogP contribution in [0.4, 0.5) is 9.18 Å². The van der Waals surface area contributed by atoms with E-state index in [1.165, 1.54) is 6.07 Å². The van der Waals surface area contributed by atoms with Gasteiger partial charge in [-0.3, -0.25) is 0 Å². The summed E-state index contributed by atoms with van der Waals surface area (Å²) >= 11 is 0. The van der Waals surface area contributed by atoms with Crippen LogP contribution in [0.25, 0.3) is 0 Å². The molecule has 0 saturated carbocycles. The fourth-order valence-electron chi connectivity index (χ4n) is 3.11. The number of rotatable bonds is 5. The van der Waals surface area contributed by atoms with Crippen LogP contribution < -0.4 is 5.32 Å². The third-order valence-corrected chi connectivity index (χ3v) is 4.20. The van der Waals surface area contributed by atoms with E-state index in [4.69, 9.17) is 4.74 Å². The third-order valence-electron chi connectivity index (χ3n) is 4.20. The highest BCUT2D eigenvalue weighted by Crippen LogP contribution is 2.32. The van der Waals surface area contributed by atoms with Gasteiger partial charge in [-0.2, -0.15) is 0 Å². The lowest BCUT2D eigenvalue weighted by molar-refractivity contribution is 0.0285. The van der Waals surface area contributed by atoms with Gasteiger partial charge < -0.3 is 15.0 Å². The molecule has 1 aromatic rings. The molecular formula is C19H29FN2O2. The first-order valence-corrected chi connectivity index (χ1v) is 8.77. The quantitative estimate of drug-likeness (QED) is 0.879. The first-order chi connectivity index (χ1) is 11.3. The van der Waals surface area contributed by atoms with Crippen molar-refractivity contribution in [3.05, 3.63) is 35.6 Å². The number of likely N-dealkylation sites (tertiary alicyclic amines) is 1. The summed E-state index contributed by atoms with van der Waals surface area (Å²) in [5.41, 5.74) is 0.183. The van der Waals surface area contributed by atoms with Crippen LogP contribution in [0.2, 0.25) is 0 Å². The van der Waals surface area contributed by atoms with E-state index in [1.807, 2.05) is 32.9 Å². The molecule has 0 aliphatic carbocycles. The summed E-state index contributed by atoms with van der Waals surface area (Å²) in [6.07, 6.45) is 1.54. The molecule has 2 unspecified atom stereocenters. The molecule has 134 valence electrons. The Morgan fingerprint density at radius 2 is 2.12 bits per heavy atom. The molecule has 0 radical (unpaired) electrons. The molecule has 1 aliphatic rings. The van der Waals surface area contributed by atoms with E-state index < -0.39 is 5.60 Å². The zero-order chi connectivity index (χ0) is 17.7. The molecule has 2 rings (SSSR count). The van der Waals surface area contributed by atoms with Gasteiger partial charge in [0, 0.05) is 24.7 Å². The van der Waals surface area contributed by atoms with Crippen molar-refractivity contribution in [3.63, 3.8) is 0 Å². The van der Waals surface area contributed by atoms with Crippen LogP contribution >= 0.6 is 0 Å². The minimum atomic E-state index is -0.499. The Hall–Kier alpha value is -1.62. The number of carbonyl (C=O) groups is 1. The van der Waals surface area contributed by atoms with Crippen LogP contribution in [0.15, 0.2) is 24.3 Å². The molecule has 1 heterocycles. The van der Waals surface area contributed by atoms with Gasteiger partial charge in [0.1, 0.15) is 11.4 Å². The van der Waals surface area contributed by atoms with Crippen LogP contribution in [0.3, 0.4) is 0 Å². The lowest BCUT2D eigenvalue weighted by atomic mass is 9.91. The van der Waals surface area contributed by atoms with E-state index in [2.05, 4.69) is 12.2 Å². The number of benzene rings is 1. The molecule has 4 nitrogen and oxygen atoms in total. The van der Waals surface area contributed by atoms with Crippen LogP contribution in [-0.4, -0.2) is 36.2 Å². The number of halogens is 1. The first kappa shape index (κ1) is 18.7. The van der Waals surface area contributed by atoms with Gasteiger partial charge in [0.25, 0.3) is 0 Å². The molecule has 1 amide bonds. The van der Waals surface area contributed by atoms with E-state index in [0.29, 0.717) is 18.7 Å². The zero-order valence-electron chi connectivity index (χ0n) is 15.1. The monoisotopic (exact) mass is 336 g/mol. The maximum atomic E-state index is 14.3. The number of nitrogens with one attached hydrogen (secondary N) is 1. The van der Waals surface area contributed by atoms with Crippen molar-refractivity contribution in [2.24, 2.45) is 5.92 Å². The Bertz CT molecular complexity index is 557. The summed E-state index contributed by atoms with van der Waals surface area (Å²) in [4.78, 5) is 14.0. The minimum absolute atomic E-state index is 0.0846. The molecule has 24 heavy (non-hydrogen) atoms. The van der Waals surface area contributed by atoms with Crippen molar-refractivity contribution >= 4 is 6.09 Å². The molecular weight excluding hydrogens is 307 g/mol. The highest BCUT2D eigenvalue weighted by atomic mass is 19.1. The SMILES string of the molecule is CCCNC(c1ccccc1F)C1CCN(C(=O)OC(C)(C)C)C1. The molecule has 5 heteroatoms. The second kappa shape index (κ2) is 7.97. The summed E-state index contributed by atoms with van der Waals surface area (Å²) in [5.74, 6) is -0.0113. The van der Waals surface area contributed by atoms with Gasteiger partial charge in [-0.15, -0.1) is 0 Å². The smallest absolute Gasteiger partial charge is 0.410 e. The fourth-order valence-corrected chi connectivity index (χ4v) is 3.11. The zero-order valence-corrected chi connectivity index (χ0v) is 15.1. The molecule has 0 spiro atoms. The Morgan fingerprint density at radius 3 is 2.75 bits per heavy atom. The number of hydrogen-bond donors (Lipinski definition) is 1. The van der Waals surface area contributed by atoms with Crippen molar-refractivity contribution < 1.29 is 13.9 Å². The van der Waals surface area contributed by atoms with Crippen molar-refractivity contribution in [1.82, 2.24) is 10.2 Å². The lowest BCUT2D eigenvalue weighted by Gasteiger charge is -2.27. The predicted octanol–water partition coefficient (Wildman–Crippen LogP) is 4.12. The van der Waals surface area contributed by atoms with Gasteiger partial charge in [-0.05, 0) is 52.1 Å². The van der Waals surface area contributed by atoms with Gasteiger partial charge in [0.15, 0.2) is 0 Å². The molecule has 1 N–H and O–H groups in total. The van der Waals surface area contributed by atoms with E-state index in [9.17, 15) is 9.18 Å². The molecule has 0 bridgehead atoms. The first-order valence-electron chi connectivity index (χ1n) is 8.77. The number of hydrogen-bond acceptors (Lipinski definition) is 3. The maximum Gasteiger partial charge on any atom is 0.410 e. The van der Waals surface area contributed by atoms with Gasteiger partial charge in [-0.25, -0.2) is 9.18 Å². The largest absolute Gasteiger partial charge is 0.444 e. The van der Waals surface area contributed by atoms with E-state index >= 15 is 0 Å². The normalized spacial score (nSPS) is 19.4. The van der Waals surface area contributed by atoms with Crippen molar-refractivity contribution in [2.45, 2.75) is 52.2 Å². The Morgan fingerprint density at radius 1 is 1.42 bits per heavy atom. The van der Waals surface area contributed by atoms with Crippen molar-refractivity contribution in [2.75, 3.05) is 19.6 Å². The van der Waals surface area contributed by atoms with E-state index in [-0.39, 0.29) is 23.9 Å². The van der Waals surface area contributed by atoms with Gasteiger partial charge in [0.05, 0.1) is 0 Å². The Kier molecular flexibility index (Phi) is 6.21. The molecule has 1 aliphatic heterocycles. The van der Waals surface area contributed by atoms with Crippen molar-refractivity contribution in [3.8, 4) is 0 Å². The summed E-state index contributed by atoms with van der Waals surface area (Å²) < 4.78 is 19.7. The maximum absolute atomic E-state index is 14.3. The molecule has 1 aromatic carbocycles. The fraction of sp³-hybridized carbons (Fsp3) is 0.632. The Balaban J connectivity index is 2.09. The average molecular weight is 336 g/mol. The molecule has 1 fully saturated rings. The summed E-state index contributed by atoms with van der Waals surface area (Å²) in [5, 5.41) is 3.46. The third kappa shape index (κ3) is 4.94. The standard InChI is InChI=1S/C19H29FN2O2/c1-5-11-21-17(15-8-6-7-9-16(15)20)14-10-12-22(13-14)18(23)24-19(2,3)4/h6-9,14,17,21H,5,10-13H2,1-4H3. The number of carbonyl (C=O) groups excluding carboxylic acids is 1. The van der Waals surface area contributed by atoms with E-state index in [0.717, 1.165) is 19.4 Å². The minimum Gasteiger partial charge on any atom is -0.444 e. The highest BCUT2D eigenvalue weighted by molar-refractivity contribution is 5.68.